The minimum atomic E-state index is -1.15. The lowest BCUT2D eigenvalue weighted by molar-refractivity contribution is -0.118. The summed E-state index contributed by atoms with van der Waals surface area (Å²) < 4.78 is 13.3. The van der Waals surface area contributed by atoms with E-state index in [1.807, 2.05) is 0 Å². The largest absolute Gasteiger partial charge is 0.478 e. The van der Waals surface area contributed by atoms with E-state index in [2.05, 4.69) is 4.98 Å². The van der Waals surface area contributed by atoms with Crippen LogP contribution < -0.4 is 10.6 Å². The van der Waals surface area contributed by atoms with E-state index in [4.69, 9.17) is 22.4 Å². The molecule has 10 heteroatoms. The van der Waals surface area contributed by atoms with Gasteiger partial charge in [0.25, 0.3) is 0 Å². The van der Waals surface area contributed by atoms with Gasteiger partial charge in [-0.1, -0.05) is 17.7 Å². The number of ketones is 1. The second kappa shape index (κ2) is 10.0. The molecular formula is C23H17ClFN3O5. The molecule has 0 fully saturated rings. The number of rotatable bonds is 4. The first kappa shape index (κ1) is 23.6. The van der Waals surface area contributed by atoms with Crippen LogP contribution in [-0.2, 0) is 11.3 Å². The van der Waals surface area contributed by atoms with Crippen molar-refractivity contribution in [2.75, 3.05) is 4.90 Å². The number of nitrogens with zero attached hydrogens (tertiary/aromatic N) is 2. The van der Waals surface area contributed by atoms with Crippen LogP contribution in [0.2, 0.25) is 5.02 Å². The highest BCUT2D eigenvalue weighted by atomic mass is 35.5. The number of fused-ring (bicyclic) bond motifs is 1. The molecule has 2 aromatic carbocycles. The zero-order valence-corrected chi connectivity index (χ0v) is 17.8. The van der Waals surface area contributed by atoms with Crippen molar-refractivity contribution in [3.8, 4) is 0 Å². The monoisotopic (exact) mass is 469 g/mol. The molecule has 2 heterocycles. The Labute approximate surface area is 192 Å². The van der Waals surface area contributed by atoms with E-state index in [0.717, 1.165) is 0 Å². The van der Waals surface area contributed by atoms with Crippen LogP contribution in [-0.4, -0.2) is 33.7 Å². The second-order valence-electron chi connectivity index (χ2n) is 6.97. The molecule has 1 aliphatic heterocycles. The van der Waals surface area contributed by atoms with E-state index in [1.165, 1.54) is 53.7 Å². The number of primary amides is 1. The number of nitrogens with two attached hydrogens (primary N) is 1. The Morgan fingerprint density at radius 3 is 2.33 bits per heavy atom. The van der Waals surface area contributed by atoms with Crippen molar-refractivity contribution in [2.24, 2.45) is 5.73 Å². The third-order valence-corrected chi connectivity index (χ3v) is 5.03. The Kier molecular flexibility index (Phi) is 7.14. The topological polar surface area (TPSA) is 131 Å². The number of pyridine rings is 1. The number of aromatic carboxylic acids is 1. The summed E-state index contributed by atoms with van der Waals surface area (Å²) in [6.45, 7) is 0.103. The SMILES string of the molecule is NC(=O)c1ccncc1.O=C(O)c1ccc2c(c1)C(=O)CC(=O)N2Cc1ccc(F)c(Cl)c1. The molecule has 1 aliphatic rings. The molecule has 3 N–H and O–H groups in total. The molecule has 168 valence electrons. The summed E-state index contributed by atoms with van der Waals surface area (Å²) in [5.74, 6) is -2.97. The predicted octanol–water partition coefficient (Wildman–Crippen LogP) is 3.48. The number of carboxylic acids is 1. The second-order valence-corrected chi connectivity index (χ2v) is 7.37. The van der Waals surface area contributed by atoms with E-state index in [9.17, 15) is 23.6 Å². The van der Waals surface area contributed by atoms with Crippen LogP contribution in [0.5, 0.6) is 0 Å². The molecule has 4 rings (SSSR count). The van der Waals surface area contributed by atoms with Gasteiger partial charge in [-0.15, -0.1) is 0 Å². The Balaban J connectivity index is 0.000000286. The van der Waals surface area contributed by atoms with Crippen molar-refractivity contribution >= 4 is 40.9 Å². The lowest BCUT2D eigenvalue weighted by Crippen LogP contribution is -2.37. The van der Waals surface area contributed by atoms with Crippen molar-refractivity contribution < 1.29 is 28.7 Å². The molecule has 0 radical (unpaired) electrons. The quantitative estimate of drug-likeness (QED) is 0.562. The lowest BCUT2D eigenvalue weighted by atomic mass is 9.97. The van der Waals surface area contributed by atoms with Crippen LogP contribution in [0.15, 0.2) is 60.9 Å². The highest BCUT2D eigenvalue weighted by Gasteiger charge is 2.30. The van der Waals surface area contributed by atoms with Gasteiger partial charge in [0.2, 0.25) is 11.8 Å². The predicted molar refractivity (Wildman–Crippen MR) is 118 cm³/mol. The fourth-order valence-electron chi connectivity index (χ4n) is 3.10. The fourth-order valence-corrected chi connectivity index (χ4v) is 3.30. The molecule has 0 saturated heterocycles. The van der Waals surface area contributed by atoms with Crippen LogP contribution >= 0.6 is 11.6 Å². The molecule has 2 amide bonds. The van der Waals surface area contributed by atoms with Crippen molar-refractivity contribution in [2.45, 2.75) is 13.0 Å². The van der Waals surface area contributed by atoms with Crippen LogP contribution in [0.1, 0.15) is 43.1 Å². The summed E-state index contributed by atoms with van der Waals surface area (Å²) in [6.07, 6.45) is 2.71. The van der Waals surface area contributed by atoms with Crippen LogP contribution in [0.25, 0.3) is 0 Å². The van der Waals surface area contributed by atoms with Gasteiger partial charge in [0, 0.05) is 23.5 Å². The number of halogens is 2. The van der Waals surface area contributed by atoms with Gasteiger partial charge >= 0.3 is 5.97 Å². The summed E-state index contributed by atoms with van der Waals surface area (Å²) in [5.41, 5.74) is 6.52. The number of benzene rings is 2. The Bertz CT molecular complexity index is 1250. The standard InChI is InChI=1S/C17H11ClFNO4.C6H6N2O/c18-12-5-9(1-3-13(12)19)8-20-14-4-2-10(17(23)24)6-11(14)15(21)7-16(20)22;7-6(9)5-1-3-8-4-2-5/h1-6H,7-8H2,(H,23,24);1-4H,(H2,7,9). The molecule has 8 nitrogen and oxygen atoms in total. The van der Waals surface area contributed by atoms with Gasteiger partial charge in [-0.2, -0.15) is 0 Å². The van der Waals surface area contributed by atoms with E-state index in [1.54, 1.807) is 12.1 Å². The first-order valence-electron chi connectivity index (χ1n) is 9.52. The van der Waals surface area contributed by atoms with Gasteiger partial charge in [0.15, 0.2) is 5.78 Å². The minimum absolute atomic E-state index is 0.0266. The molecule has 0 saturated carbocycles. The van der Waals surface area contributed by atoms with Gasteiger partial charge in [0.05, 0.1) is 29.2 Å². The van der Waals surface area contributed by atoms with Crippen molar-refractivity contribution in [1.82, 2.24) is 4.98 Å². The van der Waals surface area contributed by atoms with Crippen LogP contribution in [0.4, 0.5) is 10.1 Å². The Morgan fingerprint density at radius 1 is 1.06 bits per heavy atom. The van der Waals surface area contributed by atoms with Gasteiger partial charge in [-0.25, -0.2) is 9.18 Å². The maximum atomic E-state index is 13.3. The van der Waals surface area contributed by atoms with Gasteiger partial charge < -0.3 is 15.7 Å². The number of Topliss-reactive ketones (excluding diaryl/α,β-unsaturated/α-hetero) is 1. The van der Waals surface area contributed by atoms with Crippen LogP contribution in [0.3, 0.4) is 0 Å². The molecule has 0 bridgehead atoms. The molecule has 0 atom stereocenters. The summed E-state index contributed by atoms with van der Waals surface area (Å²) in [6, 6.07) is 11.3. The smallest absolute Gasteiger partial charge is 0.335 e. The van der Waals surface area contributed by atoms with Crippen LogP contribution in [0, 0.1) is 5.82 Å². The molecular weight excluding hydrogens is 453 g/mol. The number of aromatic nitrogens is 1. The number of hydrogen-bond acceptors (Lipinski definition) is 5. The Hall–Kier alpha value is -4.11. The number of amides is 2. The van der Waals surface area contributed by atoms with E-state index in [0.29, 0.717) is 16.8 Å². The summed E-state index contributed by atoms with van der Waals surface area (Å²) in [5, 5.41) is 8.98. The first-order valence-corrected chi connectivity index (χ1v) is 9.90. The molecule has 1 aromatic heterocycles. The summed E-state index contributed by atoms with van der Waals surface area (Å²) in [7, 11) is 0. The zero-order chi connectivity index (χ0) is 24.1. The lowest BCUT2D eigenvalue weighted by Gasteiger charge is -2.29. The van der Waals surface area contributed by atoms with Crippen molar-refractivity contribution in [3.63, 3.8) is 0 Å². The molecule has 3 aromatic rings. The van der Waals surface area contributed by atoms with Gasteiger partial charge in [-0.05, 0) is 48.0 Å². The zero-order valence-electron chi connectivity index (χ0n) is 17.0. The van der Waals surface area contributed by atoms with Gasteiger partial charge in [-0.3, -0.25) is 19.4 Å². The van der Waals surface area contributed by atoms with Gasteiger partial charge in [0.1, 0.15) is 5.82 Å². The highest BCUT2D eigenvalue weighted by Crippen LogP contribution is 2.31. The number of carbonyl (C=O) groups excluding carboxylic acids is 3. The molecule has 0 unspecified atom stereocenters. The maximum Gasteiger partial charge on any atom is 0.335 e. The molecule has 0 spiro atoms. The number of carbonyl (C=O) groups is 4. The maximum absolute atomic E-state index is 13.3. The molecule has 33 heavy (non-hydrogen) atoms. The Morgan fingerprint density at radius 2 is 1.76 bits per heavy atom. The third-order valence-electron chi connectivity index (χ3n) is 4.74. The third kappa shape index (κ3) is 5.58. The fraction of sp³-hybridized carbons (Fsp3) is 0.0870. The summed E-state index contributed by atoms with van der Waals surface area (Å²) in [4.78, 5) is 50.8. The number of hydrogen-bond donors (Lipinski definition) is 2. The van der Waals surface area contributed by atoms with E-state index < -0.39 is 29.4 Å². The van der Waals surface area contributed by atoms with Crippen molar-refractivity contribution in [1.29, 1.82) is 0 Å². The first-order chi connectivity index (χ1) is 15.7. The normalized spacial score (nSPS) is 12.5. The van der Waals surface area contributed by atoms with E-state index >= 15 is 0 Å². The number of anilines is 1. The highest BCUT2D eigenvalue weighted by molar-refractivity contribution is 6.30. The van der Waals surface area contributed by atoms with E-state index in [-0.39, 0.29) is 29.1 Å². The number of carboxylic acid groups (broad SMARTS) is 1. The summed E-state index contributed by atoms with van der Waals surface area (Å²) >= 11 is 5.75. The van der Waals surface area contributed by atoms with Crippen molar-refractivity contribution in [3.05, 3.63) is 94.0 Å². The average molecular weight is 470 g/mol. The average Bonchev–Trinajstić information content (AvgIpc) is 2.79. The molecule has 0 aliphatic carbocycles. The minimum Gasteiger partial charge on any atom is -0.478 e.